The van der Waals surface area contributed by atoms with Crippen LogP contribution in [0.25, 0.3) is 5.69 Å². The van der Waals surface area contributed by atoms with Crippen LogP contribution in [0.5, 0.6) is 0 Å². The molecule has 2 aromatic rings. The Balaban J connectivity index is 2.02. The van der Waals surface area contributed by atoms with E-state index in [1.165, 1.54) is 11.1 Å². The van der Waals surface area contributed by atoms with Gasteiger partial charge in [0.1, 0.15) is 0 Å². The Morgan fingerprint density at radius 3 is 2.65 bits per heavy atom. The number of hydrogen-bond donors (Lipinski definition) is 2. The standard InChI is InChI=1S/C15H19N5/c1-12-10-20(14-7-3-2-4-8-14)11-13(12)6-5-9-18-19-15(16)17/h2-4,7-11H,5-6H2,1H3,(H4,16,17,19)/b18-9+. The molecule has 0 unspecified atom stereocenters. The van der Waals surface area contributed by atoms with Crippen molar-refractivity contribution in [1.29, 1.82) is 0 Å². The Morgan fingerprint density at radius 1 is 1.20 bits per heavy atom. The van der Waals surface area contributed by atoms with Crippen LogP contribution < -0.4 is 11.5 Å². The van der Waals surface area contributed by atoms with E-state index in [9.17, 15) is 0 Å². The van der Waals surface area contributed by atoms with Gasteiger partial charge in [-0.05, 0) is 43.0 Å². The fourth-order valence-electron chi connectivity index (χ4n) is 1.99. The lowest BCUT2D eigenvalue weighted by molar-refractivity contribution is 1.01. The summed E-state index contributed by atoms with van der Waals surface area (Å²) in [4.78, 5) is 0. The van der Waals surface area contributed by atoms with E-state index in [4.69, 9.17) is 11.5 Å². The predicted molar refractivity (Wildman–Crippen MR) is 83.1 cm³/mol. The zero-order valence-corrected chi connectivity index (χ0v) is 11.5. The summed E-state index contributed by atoms with van der Waals surface area (Å²) in [6, 6.07) is 10.3. The highest BCUT2D eigenvalue weighted by atomic mass is 15.3. The average molecular weight is 269 g/mol. The topological polar surface area (TPSA) is 81.7 Å². The van der Waals surface area contributed by atoms with E-state index in [0.717, 1.165) is 18.5 Å². The summed E-state index contributed by atoms with van der Waals surface area (Å²) in [5.41, 5.74) is 14.1. The molecule has 1 aromatic carbocycles. The van der Waals surface area contributed by atoms with Crippen molar-refractivity contribution >= 4 is 12.2 Å². The molecular formula is C15H19N5. The maximum atomic E-state index is 5.19. The number of nitrogens with two attached hydrogens (primary N) is 2. The molecule has 0 atom stereocenters. The second-order valence-corrected chi connectivity index (χ2v) is 4.57. The first kappa shape index (κ1) is 13.9. The number of aromatic nitrogens is 1. The molecule has 4 N–H and O–H groups in total. The number of guanidine groups is 1. The highest BCUT2D eigenvalue weighted by molar-refractivity contribution is 5.76. The van der Waals surface area contributed by atoms with E-state index in [-0.39, 0.29) is 5.96 Å². The predicted octanol–water partition coefficient (Wildman–Crippen LogP) is 1.98. The third-order valence-electron chi connectivity index (χ3n) is 2.99. The van der Waals surface area contributed by atoms with Crippen LogP contribution in [-0.4, -0.2) is 16.7 Å². The van der Waals surface area contributed by atoms with Gasteiger partial charge in [-0.15, -0.1) is 5.10 Å². The lowest BCUT2D eigenvalue weighted by Gasteiger charge is -2.00. The summed E-state index contributed by atoms with van der Waals surface area (Å²) in [6.07, 6.45) is 7.72. The van der Waals surface area contributed by atoms with Crippen LogP contribution in [0.4, 0.5) is 0 Å². The lowest BCUT2D eigenvalue weighted by atomic mass is 10.1. The summed E-state index contributed by atoms with van der Waals surface area (Å²) >= 11 is 0. The van der Waals surface area contributed by atoms with Crippen LogP contribution in [0.2, 0.25) is 0 Å². The van der Waals surface area contributed by atoms with E-state index < -0.39 is 0 Å². The number of nitrogens with zero attached hydrogens (tertiary/aromatic N) is 3. The van der Waals surface area contributed by atoms with Crippen molar-refractivity contribution in [2.75, 3.05) is 0 Å². The zero-order valence-electron chi connectivity index (χ0n) is 11.5. The number of aryl methyl sites for hydroxylation is 2. The fourth-order valence-corrected chi connectivity index (χ4v) is 1.99. The molecule has 0 saturated heterocycles. The summed E-state index contributed by atoms with van der Waals surface area (Å²) < 4.78 is 2.14. The van der Waals surface area contributed by atoms with Gasteiger partial charge in [-0.1, -0.05) is 18.2 Å². The van der Waals surface area contributed by atoms with Gasteiger partial charge in [-0.3, -0.25) is 0 Å². The van der Waals surface area contributed by atoms with Crippen LogP contribution in [0.1, 0.15) is 17.5 Å². The highest BCUT2D eigenvalue weighted by Gasteiger charge is 2.03. The minimum Gasteiger partial charge on any atom is -0.369 e. The minimum atomic E-state index is -0.0207. The second kappa shape index (κ2) is 6.56. The number of hydrogen-bond acceptors (Lipinski definition) is 2. The van der Waals surface area contributed by atoms with Gasteiger partial charge in [-0.25, -0.2) is 0 Å². The molecular weight excluding hydrogens is 250 g/mol. The Bertz CT molecular complexity index is 606. The monoisotopic (exact) mass is 269 g/mol. The molecule has 1 heterocycles. The first-order valence-corrected chi connectivity index (χ1v) is 6.50. The van der Waals surface area contributed by atoms with Gasteiger partial charge >= 0.3 is 0 Å². The Hall–Kier alpha value is -2.56. The normalized spacial score (nSPS) is 10.8. The first-order chi connectivity index (χ1) is 9.66. The molecule has 0 aliphatic heterocycles. The van der Waals surface area contributed by atoms with Gasteiger partial charge in [-0.2, -0.15) is 5.10 Å². The second-order valence-electron chi connectivity index (χ2n) is 4.57. The molecule has 0 bridgehead atoms. The van der Waals surface area contributed by atoms with Gasteiger partial charge in [0.2, 0.25) is 5.96 Å². The molecule has 5 nitrogen and oxygen atoms in total. The van der Waals surface area contributed by atoms with Gasteiger partial charge in [0.05, 0.1) is 0 Å². The Morgan fingerprint density at radius 2 is 1.95 bits per heavy atom. The largest absolute Gasteiger partial charge is 0.369 e. The van der Waals surface area contributed by atoms with Gasteiger partial charge < -0.3 is 16.0 Å². The van der Waals surface area contributed by atoms with Crippen molar-refractivity contribution in [2.45, 2.75) is 19.8 Å². The van der Waals surface area contributed by atoms with Gasteiger partial charge in [0.25, 0.3) is 0 Å². The maximum Gasteiger partial charge on any atom is 0.211 e. The molecule has 0 radical (unpaired) electrons. The van der Waals surface area contributed by atoms with E-state index >= 15 is 0 Å². The summed E-state index contributed by atoms with van der Waals surface area (Å²) in [7, 11) is 0. The third-order valence-corrected chi connectivity index (χ3v) is 2.99. The van der Waals surface area contributed by atoms with Crippen LogP contribution in [0, 0.1) is 6.92 Å². The Kier molecular flexibility index (Phi) is 4.55. The SMILES string of the molecule is Cc1cn(-c2ccccc2)cc1CC/C=N/N=C(N)N. The average Bonchev–Trinajstić information content (AvgIpc) is 2.81. The molecule has 5 heteroatoms. The van der Waals surface area contributed by atoms with Gasteiger partial charge in [0, 0.05) is 24.3 Å². The molecule has 104 valence electrons. The smallest absolute Gasteiger partial charge is 0.211 e. The van der Waals surface area contributed by atoms with Crippen molar-refractivity contribution in [3.8, 4) is 5.69 Å². The number of rotatable bonds is 5. The lowest BCUT2D eigenvalue weighted by Crippen LogP contribution is -2.21. The molecule has 0 aliphatic rings. The van der Waals surface area contributed by atoms with Gasteiger partial charge in [0.15, 0.2) is 0 Å². The van der Waals surface area contributed by atoms with Crippen LogP contribution in [0.15, 0.2) is 52.9 Å². The van der Waals surface area contributed by atoms with Crippen molar-refractivity contribution in [2.24, 2.45) is 21.7 Å². The summed E-state index contributed by atoms with van der Waals surface area (Å²) in [6.45, 7) is 2.11. The molecule has 0 fully saturated rings. The molecule has 2 rings (SSSR count). The number of benzene rings is 1. The zero-order chi connectivity index (χ0) is 14.4. The third kappa shape index (κ3) is 3.71. The minimum absolute atomic E-state index is 0.0207. The van der Waals surface area contributed by atoms with Crippen LogP contribution in [-0.2, 0) is 6.42 Å². The first-order valence-electron chi connectivity index (χ1n) is 6.50. The van der Waals surface area contributed by atoms with E-state index in [0.29, 0.717) is 0 Å². The molecule has 0 aliphatic carbocycles. The maximum absolute atomic E-state index is 5.19. The number of para-hydroxylation sites is 1. The van der Waals surface area contributed by atoms with Crippen molar-refractivity contribution < 1.29 is 0 Å². The van der Waals surface area contributed by atoms with E-state index in [1.807, 2.05) is 18.2 Å². The quantitative estimate of drug-likeness (QED) is 0.494. The van der Waals surface area contributed by atoms with Crippen molar-refractivity contribution in [3.63, 3.8) is 0 Å². The fraction of sp³-hybridized carbons (Fsp3) is 0.200. The summed E-state index contributed by atoms with van der Waals surface area (Å²) in [5.74, 6) is -0.0207. The summed E-state index contributed by atoms with van der Waals surface area (Å²) in [5, 5.41) is 7.35. The van der Waals surface area contributed by atoms with E-state index in [1.54, 1.807) is 6.21 Å². The van der Waals surface area contributed by atoms with Crippen LogP contribution >= 0.6 is 0 Å². The molecule has 0 saturated carbocycles. The highest BCUT2D eigenvalue weighted by Crippen LogP contribution is 2.16. The molecule has 0 spiro atoms. The molecule has 1 aromatic heterocycles. The Labute approximate surface area is 118 Å². The van der Waals surface area contributed by atoms with E-state index in [2.05, 4.69) is 46.2 Å². The van der Waals surface area contributed by atoms with Crippen LogP contribution in [0.3, 0.4) is 0 Å². The van der Waals surface area contributed by atoms with Crippen molar-refractivity contribution in [3.05, 3.63) is 53.9 Å². The molecule has 20 heavy (non-hydrogen) atoms. The molecule has 0 amide bonds. The van der Waals surface area contributed by atoms with Crippen molar-refractivity contribution in [1.82, 2.24) is 4.57 Å².